The summed E-state index contributed by atoms with van der Waals surface area (Å²) in [5.41, 5.74) is 1.11. The summed E-state index contributed by atoms with van der Waals surface area (Å²) in [7, 11) is -0.941. The summed E-state index contributed by atoms with van der Waals surface area (Å²) in [5, 5.41) is 4.17. The van der Waals surface area contributed by atoms with Crippen LogP contribution < -0.4 is 5.32 Å². The zero-order valence-corrected chi connectivity index (χ0v) is 9.01. The summed E-state index contributed by atoms with van der Waals surface area (Å²) >= 11 is 0. The molecule has 0 unspecified atom stereocenters. The first kappa shape index (κ1) is 9.80. The maximum atomic E-state index is 12.0. The highest BCUT2D eigenvalue weighted by molar-refractivity contribution is 7.85. The fraction of sp³-hybridized carbons (Fsp3) is 0.500. The lowest BCUT2D eigenvalue weighted by Gasteiger charge is -2.07. The molecule has 0 bridgehead atoms. The number of hydrogen-bond acceptors (Lipinski definition) is 3. The van der Waals surface area contributed by atoms with Crippen LogP contribution in [0.4, 0.5) is 0 Å². The normalized spacial score (nSPS) is 23.6. The molecule has 2 rings (SSSR count). The Morgan fingerprint density at radius 2 is 2.43 bits per heavy atom. The van der Waals surface area contributed by atoms with Crippen molar-refractivity contribution in [3.8, 4) is 0 Å². The first-order chi connectivity index (χ1) is 6.77. The molecule has 0 saturated carbocycles. The van der Waals surface area contributed by atoms with Gasteiger partial charge < -0.3 is 5.32 Å². The zero-order chi connectivity index (χ0) is 9.97. The van der Waals surface area contributed by atoms with E-state index in [1.807, 2.05) is 19.1 Å². The molecular weight excluding hydrogens is 196 g/mol. The molecule has 0 aromatic carbocycles. The van der Waals surface area contributed by atoms with Crippen LogP contribution in [-0.2, 0) is 10.8 Å². The van der Waals surface area contributed by atoms with Gasteiger partial charge in [0.2, 0.25) is 0 Å². The topological polar surface area (TPSA) is 42.0 Å². The minimum Gasteiger partial charge on any atom is -0.315 e. The molecule has 3 nitrogen and oxygen atoms in total. The van der Waals surface area contributed by atoms with Gasteiger partial charge in [-0.2, -0.15) is 0 Å². The molecule has 0 aliphatic carbocycles. The minimum absolute atomic E-state index is 0.241. The third kappa shape index (κ3) is 2.01. The lowest BCUT2D eigenvalue weighted by atomic mass is 10.3. The predicted octanol–water partition coefficient (Wildman–Crippen LogP) is 0.860. The van der Waals surface area contributed by atoms with E-state index in [0.29, 0.717) is 5.03 Å². The SMILES string of the molecule is Cc1ccc([S@](=O)[C@H]2CCNC2)nc1. The van der Waals surface area contributed by atoms with E-state index in [2.05, 4.69) is 10.3 Å². The van der Waals surface area contributed by atoms with Crippen LogP contribution in [0.2, 0.25) is 0 Å². The van der Waals surface area contributed by atoms with Crippen molar-refractivity contribution in [2.45, 2.75) is 23.6 Å². The van der Waals surface area contributed by atoms with Gasteiger partial charge in [-0.05, 0) is 31.5 Å². The number of nitrogens with one attached hydrogen (secondary N) is 1. The Bertz CT molecular complexity index is 330. The van der Waals surface area contributed by atoms with Gasteiger partial charge in [0.1, 0.15) is 5.03 Å². The number of pyridine rings is 1. The molecule has 1 aromatic rings. The van der Waals surface area contributed by atoms with Gasteiger partial charge in [0, 0.05) is 12.7 Å². The lowest BCUT2D eigenvalue weighted by molar-refractivity contribution is 0.669. The van der Waals surface area contributed by atoms with Gasteiger partial charge in [0.15, 0.2) is 0 Å². The van der Waals surface area contributed by atoms with E-state index in [9.17, 15) is 4.21 Å². The van der Waals surface area contributed by atoms with Gasteiger partial charge in [0.05, 0.1) is 16.0 Å². The molecule has 1 fully saturated rings. The molecule has 76 valence electrons. The van der Waals surface area contributed by atoms with Crippen molar-refractivity contribution in [1.29, 1.82) is 0 Å². The average Bonchev–Trinajstić information content (AvgIpc) is 2.71. The molecule has 2 atom stereocenters. The molecule has 14 heavy (non-hydrogen) atoms. The summed E-state index contributed by atoms with van der Waals surface area (Å²) in [6.45, 7) is 3.81. The first-order valence-electron chi connectivity index (χ1n) is 4.81. The van der Waals surface area contributed by atoms with Crippen molar-refractivity contribution in [1.82, 2.24) is 10.3 Å². The highest BCUT2D eigenvalue weighted by atomic mass is 32.2. The summed E-state index contributed by atoms with van der Waals surface area (Å²) in [6, 6.07) is 3.83. The van der Waals surface area contributed by atoms with Crippen LogP contribution >= 0.6 is 0 Å². The van der Waals surface area contributed by atoms with E-state index in [0.717, 1.165) is 25.1 Å². The van der Waals surface area contributed by atoms with Crippen molar-refractivity contribution in [2.24, 2.45) is 0 Å². The smallest absolute Gasteiger partial charge is 0.127 e. The molecule has 0 spiro atoms. The second-order valence-electron chi connectivity index (χ2n) is 3.59. The largest absolute Gasteiger partial charge is 0.315 e. The van der Waals surface area contributed by atoms with Gasteiger partial charge >= 0.3 is 0 Å². The fourth-order valence-electron chi connectivity index (χ4n) is 1.55. The van der Waals surface area contributed by atoms with Crippen LogP contribution in [0.15, 0.2) is 23.4 Å². The molecule has 0 radical (unpaired) electrons. The number of hydrogen-bond donors (Lipinski definition) is 1. The molecular formula is C10H14N2OS. The molecule has 1 aromatic heterocycles. The van der Waals surface area contributed by atoms with Crippen molar-refractivity contribution >= 4 is 10.8 Å². The van der Waals surface area contributed by atoms with Crippen molar-refractivity contribution in [3.05, 3.63) is 23.9 Å². The van der Waals surface area contributed by atoms with Crippen LogP contribution in [0.25, 0.3) is 0 Å². The minimum atomic E-state index is -0.941. The summed E-state index contributed by atoms with van der Waals surface area (Å²) in [4.78, 5) is 4.19. The third-order valence-corrected chi connectivity index (χ3v) is 4.07. The van der Waals surface area contributed by atoms with E-state index in [4.69, 9.17) is 0 Å². The van der Waals surface area contributed by atoms with Gasteiger partial charge in [-0.1, -0.05) is 6.07 Å². The second-order valence-corrected chi connectivity index (χ2v) is 5.27. The van der Waals surface area contributed by atoms with Crippen LogP contribution in [0.5, 0.6) is 0 Å². The standard InChI is InChI=1S/C10H14N2OS/c1-8-2-3-10(12-6-8)14(13)9-4-5-11-7-9/h2-3,6,9,11H,4-5,7H2,1H3/t9-,14+/m0/s1. The Morgan fingerprint density at radius 1 is 1.57 bits per heavy atom. The fourth-order valence-corrected chi connectivity index (χ4v) is 2.86. The number of aryl methyl sites for hydroxylation is 1. The Hall–Kier alpha value is -0.740. The molecule has 1 aliphatic rings. The van der Waals surface area contributed by atoms with Crippen LogP contribution in [0, 0.1) is 6.92 Å². The van der Waals surface area contributed by atoms with Gasteiger partial charge in [-0.15, -0.1) is 0 Å². The summed E-state index contributed by atoms with van der Waals surface area (Å²) in [6.07, 6.45) is 2.76. The van der Waals surface area contributed by atoms with E-state index in [-0.39, 0.29) is 5.25 Å². The second kappa shape index (κ2) is 4.19. The maximum Gasteiger partial charge on any atom is 0.127 e. The van der Waals surface area contributed by atoms with E-state index < -0.39 is 10.8 Å². The molecule has 1 saturated heterocycles. The molecule has 1 aliphatic heterocycles. The Morgan fingerprint density at radius 3 is 3.00 bits per heavy atom. The van der Waals surface area contributed by atoms with Gasteiger partial charge in [-0.3, -0.25) is 4.21 Å². The zero-order valence-electron chi connectivity index (χ0n) is 8.19. The third-order valence-electron chi connectivity index (χ3n) is 2.41. The highest BCUT2D eigenvalue weighted by Gasteiger charge is 2.22. The van der Waals surface area contributed by atoms with Crippen molar-refractivity contribution in [3.63, 3.8) is 0 Å². The summed E-state index contributed by atoms with van der Waals surface area (Å²) < 4.78 is 12.0. The van der Waals surface area contributed by atoms with Crippen molar-refractivity contribution in [2.75, 3.05) is 13.1 Å². The Labute approximate surface area is 86.4 Å². The number of nitrogens with zero attached hydrogens (tertiary/aromatic N) is 1. The number of aromatic nitrogens is 1. The van der Waals surface area contributed by atoms with E-state index >= 15 is 0 Å². The van der Waals surface area contributed by atoms with Gasteiger partial charge in [0.25, 0.3) is 0 Å². The average molecular weight is 210 g/mol. The molecule has 0 amide bonds. The maximum absolute atomic E-state index is 12.0. The molecule has 2 heterocycles. The Balaban J connectivity index is 2.14. The van der Waals surface area contributed by atoms with Gasteiger partial charge in [-0.25, -0.2) is 4.98 Å². The molecule has 1 N–H and O–H groups in total. The monoisotopic (exact) mass is 210 g/mol. The van der Waals surface area contributed by atoms with Crippen molar-refractivity contribution < 1.29 is 4.21 Å². The van der Waals surface area contributed by atoms with Crippen LogP contribution in [0.3, 0.4) is 0 Å². The lowest BCUT2D eigenvalue weighted by Crippen LogP contribution is -2.19. The first-order valence-corrected chi connectivity index (χ1v) is 6.02. The summed E-state index contributed by atoms with van der Waals surface area (Å²) in [5.74, 6) is 0. The van der Waals surface area contributed by atoms with E-state index in [1.54, 1.807) is 6.20 Å². The van der Waals surface area contributed by atoms with E-state index in [1.165, 1.54) is 0 Å². The Kier molecular flexibility index (Phi) is 2.93. The highest BCUT2D eigenvalue weighted by Crippen LogP contribution is 2.14. The molecule has 4 heteroatoms. The van der Waals surface area contributed by atoms with Crippen LogP contribution in [0.1, 0.15) is 12.0 Å². The quantitative estimate of drug-likeness (QED) is 0.787. The number of rotatable bonds is 2. The predicted molar refractivity (Wildman–Crippen MR) is 56.7 cm³/mol. The van der Waals surface area contributed by atoms with Crippen LogP contribution in [-0.4, -0.2) is 27.5 Å².